The minimum Gasteiger partial charge on any atom is -0.483 e. The molecular formula is C15H22N2O3. The zero-order valence-corrected chi connectivity index (χ0v) is 12.4. The SMILES string of the molecule is CC/C(=N\O)c1ccccc1OCC(=O)NC(C)(C)C. The summed E-state index contributed by atoms with van der Waals surface area (Å²) in [6, 6.07) is 7.19. The lowest BCUT2D eigenvalue weighted by Gasteiger charge is -2.20. The van der Waals surface area contributed by atoms with Crippen molar-refractivity contribution in [1.82, 2.24) is 5.32 Å². The Morgan fingerprint density at radius 2 is 2.00 bits per heavy atom. The molecule has 110 valence electrons. The molecule has 5 heteroatoms. The summed E-state index contributed by atoms with van der Waals surface area (Å²) in [5.41, 5.74) is 0.930. The Morgan fingerprint density at radius 3 is 2.55 bits per heavy atom. The Balaban J connectivity index is 2.76. The van der Waals surface area contributed by atoms with Gasteiger partial charge in [-0.1, -0.05) is 24.2 Å². The first-order valence-electron chi connectivity index (χ1n) is 6.61. The number of nitrogens with one attached hydrogen (secondary N) is 1. The minimum atomic E-state index is -0.291. The van der Waals surface area contributed by atoms with Gasteiger partial charge >= 0.3 is 0 Å². The number of hydrogen-bond donors (Lipinski definition) is 2. The van der Waals surface area contributed by atoms with Crippen molar-refractivity contribution in [2.45, 2.75) is 39.7 Å². The van der Waals surface area contributed by atoms with Crippen molar-refractivity contribution in [3.05, 3.63) is 29.8 Å². The van der Waals surface area contributed by atoms with Gasteiger partial charge in [0.2, 0.25) is 0 Å². The summed E-state index contributed by atoms with van der Waals surface area (Å²) in [4.78, 5) is 11.7. The number of para-hydroxylation sites is 1. The normalized spacial score (nSPS) is 12.1. The fourth-order valence-corrected chi connectivity index (χ4v) is 1.74. The number of ether oxygens (including phenoxy) is 1. The van der Waals surface area contributed by atoms with Gasteiger partial charge in [0.25, 0.3) is 5.91 Å². The van der Waals surface area contributed by atoms with E-state index in [1.807, 2.05) is 39.8 Å². The molecule has 5 nitrogen and oxygen atoms in total. The Kier molecular flexibility index (Phi) is 5.55. The molecule has 0 aliphatic heterocycles. The summed E-state index contributed by atoms with van der Waals surface area (Å²) < 4.78 is 5.53. The van der Waals surface area contributed by atoms with Crippen LogP contribution >= 0.6 is 0 Å². The predicted molar refractivity (Wildman–Crippen MR) is 78.4 cm³/mol. The smallest absolute Gasteiger partial charge is 0.258 e. The van der Waals surface area contributed by atoms with Gasteiger partial charge in [0.15, 0.2) is 6.61 Å². The van der Waals surface area contributed by atoms with Crippen LogP contribution in [0.1, 0.15) is 39.7 Å². The Labute approximate surface area is 119 Å². The first-order chi connectivity index (χ1) is 9.37. The number of nitrogens with zero attached hydrogens (tertiary/aromatic N) is 1. The molecule has 0 atom stereocenters. The highest BCUT2D eigenvalue weighted by Gasteiger charge is 2.15. The van der Waals surface area contributed by atoms with E-state index in [0.717, 1.165) is 0 Å². The van der Waals surface area contributed by atoms with Gasteiger partial charge in [-0.2, -0.15) is 0 Å². The number of carbonyl (C=O) groups is 1. The van der Waals surface area contributed by atoms with E-state index in [2.05, 4.69) is 10.5 Å². The highest BCUT2D eigenvalue weighted by Crippen LogP contribution is 2.20. The topological polar surface area (TPSA) is 70.9 Å². The van der Waals surface area contributed by atoms with Gasteiger partial charge < -0.3 is 15.3 Å². The number of benzene rings is 1. The Bertz CT molecular complexity index is 490. The highest BCUT2D eigenvalue weighted by molar-refractivity contribution is 6.02. The van der Waals surface area contributed by atoms with Crippen LogP contribution in [0, 0.1) is 0 Å². The van der Waals surface area contributed by atoms with Crippen molar-refractivity contribution in [2.24, 2.45) is 5.16 Å². The fraction of sp³-hybridized carbons (Fsp3) is 0.467. The van der Waals surface area contributed by atoms with E-state index in [1.54, 1.807) is 12.1 Å². The van der Waals surface area contributed by atoms with Crippen LogP contribution in [0.5, 0.6) is 5.75 Å². The molecule has 0 aliphatic carbocycles. The summed E-state index contributed by atoms with van der Waals surface area (Å²) >= 11 is 0. The Hall–Kier alpha value is -2.04. The van der Waals surface area contributed by atoms with E-state index < -0.39 is 0 Å². The molecule has 20 heavy (non-hydrogen) atoms. The lowest BCUT2D eigenvalue weighted by Crippen LogP contribution is -2.43. The number of amides is 1. The van der Waals surface area contributed by atoms with Crippen molar-refractivity contribution in [2.75, 3.05) is 6.61 Å². The van der Waals surface area contributed by atoms with Crippen LogP contribution in [0.15, 0.2) is 29.4 Å². The third-order valence-corrected chi connectivity index (χ3v) is 2.53. The molecule has 0 spiro atoms. The van der Waals surface area contributed by atoms with E-state index in [-0.39, 0.29) is 18.1 Å². The van der Waals surface area contributed by atoms with Crippen LogP contribution < -0.4 is 10.1 Å². The number of oxime groups is 1. The molecular weight excluding hydrogens is 256 g/mol. The molecule has 1 aromatic carbocycles. The molecule has 0 bridgehead atoms. The maximum atomic E-state index is 11.7. The number of hydrogen-bond acceptors (Lipinski definition) is 4. The second-order valence-electron chi connectivity index (χ2n) is 5.48. The molecule has 0 fully saturated rings. The van der Waals surface area contributed by atoms with Crippen LogP contribution in [-0.2, 0) is 4.79 Å². The summed E-state index contributed by atoms with van der Waals surface area (Å²) in [6.07, 6.45) is 0.574. The first kappa shape index (κ1) is 16.0. The van der Waals surface area contributed by atoms with Crippen LogP contribution in [0.4, 0.5) is 0 Å². The molecule has 1 amide bonds. The van der Waals surface area contributed by atoms with Gasteiger partial charge in [-0.05, 0) is 39.3 Å². The maximum absolute atomic E-state index is 11.7. The molecule has 1 rings (SSSR count). The zero-order chi connectivity index (χ0) is 15.2. The number of carbonyl (C=O) groups excluding carboxylic acids is 1. The van der Waals surface area contributed by atoms with Crippen molar-refractivity contribution in [1.29, 1.82) is 0 Å². The van der Waals surface area contributed by atoms with Crippen LogP contribution in [0.2, 0.25) is 0 Å². The van der Waals surface area contributed by atoms with Gasteiger partial charge in [-0.25, -0.2) is 0 Å². The van der Waals surface area contributed by atoms with Gasteiger partial charge in [-0.3, -0.25) is 4.79 Å². The molecule has 0 radical (unpaired) electrons. The summed E-state index contributed by atoms with van der Waals surface area (Å²) in [7, 11) is 0. The van der Waals surface area contributed by atoms with E-state index in [4.69, 9.17) is 9.94 Å². The van der Waals surface area contributed by atoms with Crippen molar-refractivity contribution < 1.29 is 14.7 Å². The molecule has 0 aliphatic rings. The van der Waals surface area contributed by atoms with Gasteiger partial charge in [0.1, 0.15) is 5.75 Å². The van der Waals surface area contributed by atoms with Crippen LogP contribution in [-0.4, -0.2) is 29.0 Å². The molecule has 1 aromatic rings. The third kappa shape index (κ3) is 4.91. The number of rotatable bonds is 5. The molecule has 0 saturated carbocycles. The van der Waals surface area contributed by atoms with Crippen LogP contribution in [0.3, 0.4) is 0 Å². The molecule has 0 aromatic heterocycles. The Morgan fingerprint density at radius 1 is 1.35 bits per heavy atom. The average Bonchev–Trinajstić information content (AvgIpc) is 2.37. The molecule has 0 unspecified atom stereocenters. The lowest BCUT2D eigenvalue weighted by atomic mass is 10.1. The van der Waals surface area contributed by atoms with Gasteiger partial charge in [0, 0.05) is 11.1 Å². The van der Waals surface area contributed by atoms with Crippen molar-refractivity contribution in [3.8, 4) is 5.75 Å². The lowest BCUT2D eigenvalue weighted by molar-refractivity contribution is -0.124. The van der Waals surface area contributed by atoms with E-state index in [9.17, 15) is 4.79 Å². The van der Waals surface area contributed by atoms with Crippen molar-refractivity contribution in [3.63, 3.8) is 0 Å². The molecule has 0 saturated heterocycles. The maximum Gasteiger partial charge on any atom is 0.258 e. The predicted octanol–water partition coefficient (Wildman–Crippen LogP) is 2.57. The quantitative estimate of drug-likeness (QED) is 0.494. The molecule has 2 N–H and O–H groups in total. The molecule has 0 heterocycles. The minimum absolute atomic E-state index is 0.0727. The zero-order valence-electron chi connectivity index (χ0n) is 12.4. The summed E-state index contributed by atoms with van der Waals surface area (Å²) in [5.74, 6) is 0.345. The van der Waals surface area contributed by atoms with E-state index in [0.29, 0.717) is 23.4 Å². The van der Waals surface area contributed by atoms with Gasteiger partial charge in [0.05, 0.1) is 5.71 Å². The second-order valence-corrected chi connectivity index (χ2v) is 5.48. The van der Waals surface area contributed by atoms with E-state index >= 15 is 0 Å². The standard InChI is InChI=1S/C15H22N2O3/c1-5-12(17-19)11-8-6-7-9-13(11)20-10-14(18)16-15(2,3)4/h6-9,19H,5,10H2,1-4H3,(H,16,18)/b17-12+. The summed E-state index contributed by atoms with van der Waals surface area (Å²) in [6.45, 7) is 7.54. The monoisotopic (exact) mass is 278 g/mol. The third-order valence-electron chi connectivity index (χ3n) is 2.53. The van der Waals surface area contributed by atoms with Crippen LogP contribution in [0.25, 0.3) is 0 Å². The summed E-state index contributed by atoms with van der Waals surface area (Å²) in [5, 5.41) is 15.1. The van der Waals surface area contributed by atoms with Gasteiger partial charge in [-0.15, -0.1) is 0 Å². The fourth-order valence-electron chi connectivity index (χ4n) is 1.74. The largest absolute Gasteiger partial charge is 0.483 e. The first-order valence-corrected chi connectivity index (χ1v) is 6.61. The average molecular weight is 278 g/mol. The highest BCUT2D eigenvalue weighted by atomic mass is 16.5. The second kappa shape index (κ2) is 6.93. The van der Waals surface area contributed by atoms with Crippen molar-refractivity contribution >= 4 is 11.6 Å². The van der Waals surface area contributed by atoms with E-state index in [1.165, 1.54) is 0 Å².